The van der Waals surface area contributed by atoms with Crippen LogP contribution in [0.1, 0.15) is 25.6 Å². The van der Waals surface area contributed by atoms with Gasteiger partial charge in [0, 0.05) is 11.1 Å². The van der Waals surface area contributed by atoms with Crippen LogP contribution in [0.5, 0.6) is 11.5 Å². The SMILES string of the molecule is COc1ccc(C(=O)CSc2nc(N)c(C(=O)c3ccc(OC)cc3)s2)cc1. The lowest BCUT2D eigenvalue weighted by molar-refractivity contribution is 0.101. The van der Waals surface area contributed by atoms with E-state index in [1.165, 1.54) is 23.1 Å². The average molecular weight is 415 g/mol. The number of nitrogen functional groups attached to an aromatic ring is 1. The molecule has 0 saturated carbocycles. The van der Waals surface area contributed by atoms with Crippen LogP contribution in [0.2, 0.25) is 0 Å². The van der Waals surface area contributed by atoms with Crippen LogP contribution in [0.4, 0.5) is 5.82 Å². The second kappa shape index (κ2) is 8.90. The molecule has 3 rings (SSSR count). The van der Waals surface area contributed by atoms with Crippen molar-refractivity contribution >= 4 is 40.5 Å². The third-order valence-electron chi connectivity index (χ3n) is 3.93. The van der Waals surface area contributed by atoms with E-state index in [0.29, 0.717) is 31.8 Å². The Morgan fingerprint density at radius 3 is 2.04 bits per heavy atom. The molecule has 3 aromatic rings. The van der Waals surface area contributed by atoms with Gasteiger partial charge in [0.2, 0.25) is 5.78 Å². The second-order valence-corrected chi connectivity index (χ2v) is 7.91. The second-order valence-electron chi connectivity index (χ2n) is 5.69. The van der Waals surface area contributed by atoms with Crippen LogP contribution >= 0.6 is 23.1 Å². The Morgan fingerprint density at radius 1 is 0.964 bits per heavy atom. The fourth-order valence-corrected chi connectivity index (χ4v) is 4.32. The molecule has 0 amide bonds. The van der Waals surface area contributed by atoms with Gasteiger partial charge in [-0.3, -0.25) is 9.59 Å². The van der Waals surface area contributed by atoms with Gasteiger partial charge in [0.25, 0.3) is 0 Å². The molecule has 0 radical (unpaired) electrons. The third kappa shape index (κ3) is 4.52. The van der Waals surface area contributed by atoms with Crippen LogP contribution in [0.15, 0.2) is 52.9 Å². The minimum absolute atomic E-state index is 0.0375. The fourth-order valence-electron chi connectivity index (χ4n) is 2.40. The van der Waals surface area contributed by atoms with Gasteiger partial charge in [-0.05, 0) is 48.5 Å². The molecule has 1 aromatic heterocycles. The Kier molecular flexibility index (Phi) is 6.33. The summed E-state index contributed by atoms with van der Waals surface area (Å²) in [4.78, 5) is 29.6. The van der Waals surface area contributed by atoms with Crippen molar-refractivity contribution in [2.75, 3.05) is 25.7 Å². The van der Waals surface area contributed by atoms with Crippen LogP contribution in [0, 0.1) is 0 Å². The van der Waals surface area contributed by atoms with E-state index in [-0.39, 0.29) is 23.1 Å². The number of carbonyl (C=O) groups excluding carboxylic acids is 2. The van der Waals surface area contributed by atoms with Crippen LogP contribution in [-0.2, 0) is 0 Å². The molecule has 0 fully saturated rings. The highest BCUT2D eigenvalue weighted by Crippen LogP contribution is 2.31. The predicted octanol–water partition coefficient (Wildman–Crippen LogP) is 3.95. The number of Topliss-reactive ketones (excluding diaryl/α,β-unsaturated/α-hetero) is 1. The number of hydrogen-bond donors (Lipinski definition) is 1. The number of ketones is 2. The normalized spacial score (nSPS) is 10.5. The maximum Gasteiger partial charge on any atom is 0.206 e. The van der Waals surface area contributed by atoms with E-state index in [1.807, 2.05) is 0 Å². The highest BCUT2D eigenvalue weighted by Gasteiger charge is 2.19. The smallest absolute Gasteiger partial charge is 0.206 e. The summed E-state index contributed by atoms with van der Waals surface area (Å²) in [5, 5.41) is 0. The predicted molar refractivity (Wildman–Crippen MR) is 111 cm³/mol. The van der Waals surface area contributed by atoms with E-state index < -0.39 is 0 Å². The lowest BCUT2D eigenvalue weighted by Crippen LogP contribution is -2.02. The van der Waals surface area contributed by atoms with Crippen molar-refractivity contribution in [2.45, 2.75) is 4.34 Å². The number of nitrogens with two attached hydrogens (primary N) is 1. The van der Waals surface area contributed by atoms with Crippen molar-refractivity contribution in [3.63, 3.8) is 0 Å². The van der Waals surface area contributed by atoms with Gasteiger partial charge < -0.3 is 15.2 Å². The van der Waals surface area contributed by atoms with Crippen molar-refractivity contribution < 1.29 is 19.1 Å². The molecular formula is C20H18N2O4S2. The molecule has 8 heteroatoms. The van der Waals surface area contributed by atoms with Gasteiger partial charge in [0.1, 0.15) is 22.2 Å². The summed E-state index contributed by atoms with van der Waals surface area (Å²) in [6.45, 7) is 0. The van der Waals surface area contributed by atoms with Crippen LogP contribution in [0.3, 0.4) is 0 Å². The van der Waals surface area contributed by atoms with Crippen molar-refractivity contribution in [1.29, 1.82) is 0 Å². The van der Waals surface area contributed by atoms with Gasteiger partial charge in [-0.1, -0.05) is 11.8 Å². The lowest BCUT2D eigenvalue weighted by atomic mass is 10.1. The number of carbonyl (C=O) groups is 2. The van der Waals surface area contributed by atoms with Crippen molar-refractivity contribution in [2.24, 2.45) is 0 Å². The molecule has 0 atom stereocenters. The van der Waals surface area contributed by atoms with Gasteiger partial charge in [-0.25, -0.2) is 4.98 Å². The number of benzene rings is 2. The third-order valence-corrected chi connectivity index (χ3v) is 6.14. The fraction of sp³-hybridized carbons (Fsp3) is 0.150. The molecule has 144 valence electrons. The molecule has 0 saturated heterocycles. The van der Waals surface area contributed by atoms with E-state index in [1.54, 1.807) is 62.8 Å². The number of rotatable bonds is 8. The number of ether oxygens (including phenoxy) is 2. The quantitative estimate of drug-likeness (QED) is 0.441. The van der Waals surface area contributed by atoms with Crippen molar-refractivity contribution in [3.05, 3.63) is 64.5 Å². The first-order valence-corrected chi connectivity index (χ1v) is 10.1. The van der Waals surface area contributed by atoms with Crippen LogP contribution in [0.25, 0.3) is 0 Å². The number of thiazole rings is 1. The van der Waals surface area contributed by atoms with Gasteiger partial charge in [0.05, 0.1) is 20.0 Å². The lowest BCUT2D eigenvalue weighted by Gasteiger charge is -2.02. The molecule has 0 aliphatic carbocycles. The molecule has 2 N–H and O–H groups in total. The average Bonchev–Trinajstić information content (AvgIpc) is 3.12. The molecule has 6 nitrogen and oxygen atoms in total. The summed E-state index contributed by atoms with van der Waals surface area (Å²) in [5.74, 6) is 1.50. The number of nitrogens with zero attached hydrogens (tertiary/aromatic N) is 1. The van der Waals surface area contributed by atoms with E-state index in [4.69, 9.17) is 15.2 Å². The van der Waals surface area contributed by atoms with E-state index >= 15 is 0 Å². The maximum absolute atomic E-state index is 12.7. The minimum atomic E-state index is -0.203. The summed E-state index contributed by atoms with van der Waals surface area (Å²) in [5.41, 5.74) is 7.02. The summed E-state index contributed by atoms with van der Waals surface area (Å²) in [6, 6.07) is 13.7. The summed E-state index contributed by atoms with van der Waals surface area (Å²) in [7, 11) is 3.14. The molecule has 0 aliphatic heterocycles. The first-order valence-electron chi connectivity index (χ1n) is 8.27. The number of hydrogen-bond acceptors (Lipinski definition) is 8. The number of methoxy groups -OCH3 is 2. The van der Waals surface area contributed by atoms with Gasteiger partial charge in [-0.15, -0.1) is 11.3 Å². The monoisotopic (exact) mass is 414 g/mol. The summed E-state index contributed by atoms with van der Waals surface area (Å²) >= 11 is 2.45. The minimum Gasteiger partial charge on any atom is -0.497 e. The highest BCUT2D eigenvalue weighted by molar-refractivity contribution is 8.01. The summed E-state index contributed by atoms with van der Waals surface area (Å²) in [6.07, 6.45) is 0. The molecule has 2 aromatic carbocycles. The molecule has 0 bridgehead atoms. The standard InChI is InChI=1S/C20H18N2O4S2/c1-25-14-7-3-12(4-8-14)16(23)11-27-20-22-19(21)18(28-20)17(24)13-5-9-15(26-2)10-6-13/h3-10H,11,21H2,1-2H3. The maximum atomic E-state index is 12.7. The Morgan fingerprint density at radius 2 is 1.50 bits per heavy atom. The molecular weight excluding hydrogens is 396 g/mol. The van der Waals surface area contributed by atoms with Gasteiger partial charge >= 0.3 is 0 Å². The first kappa shape index (κ1) is 19.9. The van der Waals surface area contributed by atoms with Crippen molar-refractivity contribution in [1.82, 2.24) is 4.98 Å². The van der Waals surface area contributed by atoms with Crippen LogP contribution < -0.4 is 15.2 Å². The zero-order chi connectivity index (χ0) is 20.1. The molecule has 0 aliphatic rings. The number of aromatic nitrogens is 1. The largest absolute Gasteiger partial charge is 0.497 e. The molecule has 0 spiro atoms. The number of thioether (sulfide) groups is 1. The van der Waals surface area contributed by atoms with Crippen LogP contribution in [-0.4, -0.2) is 36.5 Å². The van der Waals surface area contributed by atoms with Gasteiger partial charge in [-0.2, -0.15) is 0 Å². The van der Waals surface area contributed by atoms with E-state index in [0.717, 1.165) is 0 Å². The summed E-state index contributed by atoms with van der Waals surface area (Å²) < 4.78 is 10.8. The molecule has 28 heavy (non-hydrogen) atoms. The van der Waals surface area contributed by atoms with E-state index in [2.05, 4.69) is 4.98 Å². The topological polar surface area (TPSA) is 91.5 Å². The molecule has 0 unspecified atom stereocenters. The van der Waals surface area contributed by atoms with Gasteiger partial charge in [0.15, 0.2) is 10.1 Å². The Labute approximate surface area is 170 Å². The highest BCUT2D eigenvalue weighted by atomic mass is 32.2. The number of anilines is 1. The zero-order valence-electron chi connectivity index (χ0n) is 15.3. The first-order chi connectivity index (χ1) is 13.5. The zero-order valence-corrected chi connectivity index (χ0v) is 16.9. The Bertz CT molecular complexity index is 982. The molecule has 1 heterocycles. The van der Waals surface area contributed by atoms with E-state index in [9.17, 15) is 9.59 Å². The Balaban J connectivity index is 1.67. The van der Waals surface area contributed by atoms with Crippen molar-refractivity contribution in [3.8, 4) is 11.5 Å². The Hall–Kier alpha value is -2.84.